The van der Waals surface area contributed by atoms with Crippen LogP contribution in [0.1, 0.15) is 97.9 Å². The third-order valence-corrected chi connectivity index (χ3v) is 12.6. The van der Waals surface area contributed by atoms with Gasteiger partial charge in [0.15, 0.2) is 17.2 Å². The van der Waals surface area contributed by atoms with E-state index in [4.69, 9.17) is 5.73 Å². The molecule has 1 aliphatic carbocycles. The van der Waals surface area contributed by atoms with Gasteiger partial charge in [-0.2, -0.15) is 10.2 Å². The third-order valence-electron chi connectivity index (χ3n) is 12.6. The number of alkyl halides is 3. The monoisotopic (exact) mass is 879 g/mol. The number of benzene rings is 1. The summed E-state index contributed by atoms with van der Waals surface area (Å²) in [7, 11) is 1.85. The molecule has 1 aromatic carbocycles. The number of carbonyl (C=O) groups is 4. The second kappa shape index (κ2) is 17.5. The minimum Gasteiger partial charge on any atom is -0.371 e. The summed E-state index contributed by atoms with van der Waals surface area (Å²) in [6.45, 7) is 1.71. The van der Waals surface area contributed by atoms with Crippen LogP contribution in [0.3, 0.4) is 0 Å². The van der Waals surface area contributed by atoms with Gasteiger partial charge in [0.1, 0.15) is 11.7 Å². The Balaban J connectivity index is 0.00000529. The molecular formula is C41H49ClF3N13O4. The summed E-state index contributed by atoms with van der Waals surface area (Å²) in [5, 5.41) is 22.5. The largest absolute Gasteiger partial charge is 0.371 e. The van der Waals surface area contributed by atoms with Crippen molar-refractivity contribution in [3.8, 4) is 0 Å². The van der Waals surface area contributed by atoms with Crippen LogP contribution in [-0.4, -0.2) is 102 Å². The van der Waals surface area contributed by atoms with Crippen LogP contribution in [-0.2, 0) is 21.4 Å². The van der Waals surface area contributed by atoms with Crippen molar-refractivity contribution in [1.29, 1.82) is 0 Å². The number of nitrogens with two attached hydrogens (primary N) is 1. The lowest BCUT2D eigenvalue weighted by Crippen LogP contribution is -2.48. The maximum absolute atomic E-state index is 14.6. The van der Waals surface area contributed by atoms with Crippen LogP contribution in [0.25, 0.3) is 16.6 Å². The number of nitrogens with zero attached hydrogens (tertiary/aromatic N) is 9. The van der Waals surface area contributed by atoms with E-state index in [1.165, 1.54) is 21.6 Å². The number of halogens is 4. The van der Waals surface area contributed by atoms with Crippen LogP contribution in [0.2, 0.25) is 0 Å². The van der Waals surface area contributed by atoms with Gasteiger partial charge in [-0.25, -0.2) is 22.7 Å². The average molecular weight is 880 g/mol. The van der Waals surface area contributed by atoms with E-state index in [0.29, 0.717) is 37.8 Å². The highest BCUT2D eigenvalue weighted by molar-refractivity contribution is 6.12. The van der Waals surface area contributed by atoms with Crippen LogP contribution in [0.5, 0.6) is 0 Å². The molecule has 4 fully saturated rings. The van der Waals surface area contributed by atoms with Crippen molar-refractivity contribution in [3.05, 3.63) is 59.8 Å². The van der Waals surface area contributed by atoms with Gasteiger partial charge in [0, 0.05) is 80.8 Å². The minimum absolute atomic E-state index is 0. The molecule has 3 atom stereocenters. The first-order valence-electron chi connectivity index (χ1n) is 20.9. The zero-order chi connectivity index (χ0) is 42.5. The predicted octanol–water partition coefficient (Wildman–Crippen LogP) is 4.34. The molecule has 4 aliphatic rings. The maximum Gasteiger partial charge on any atom is 0.284 e. The van der Waals surface area contributed by atoms with E-state index in [0.717, 1.165) is 42.5 Å². The van der Waals surface area contributed by atoms with Gasteiger partial charge in [-0.1, -0.05) is 0 Å². The van der Waals surface area contributed by atoms with E-state index in [1.807, 2.05) is 19.2 Å². The molecular weight excluding hydrogens is 831 g/mol. The number of nitrogens with one attached hydrogen (secondary N) is 3. The molecule has 1 unspecified atom stereocenters. The summed E-state index contributed by atoms with van der Waals surface area (Å²) in [5.41, 5.74) is 8.16. The highest BCUT2D eigenvalue weighted by atomic mass is 35.5. The van der Waals surface area contributed by atoms with Crippen molar-refractivity contribution in [1.82, 2.24) is 44.8 Å². The van der Waals surface area contributed by atoms with E-state index in [9.17, 15) is 32.3 Å². The number of hydrogen-bond donors (Lipinski definition) is 4. The van der Waals surface area contributed by atoms with Crippen LogP contribution < -0.4 is 31.5 Å². The van der Waals surface area contributed by atoms with Crippen molar-refractivity contribution >= 4 is 69.8 Å². The molecule has 330 valence electrons. The lowest BCUT2D eigenvalue weighted by molar-refractivity contribution is -0.134. The molecule has 7 heterocycles. The van der Waals surface area contributed by atoms with Gasteiger partial charge in [0.2, 0.25) is 17.7 Å². The Morgan fingerprint density at radius 2 is 1.76 bits per heavy atom. The summed E-state index contributed by atoms with van der Waals surface area (Å²) in [4.78, 5) is 59.8. The molecule has 4 aromatic heterocycles. The Labute approximate surface area is 360 Å². The van der Waals surface area contributed by atoms with E-state index in [-0.39, 0.29) is 96.8 Å². The van der Waals surface area contributed by atoms with Crippen molar-refractivity contribution in [2.24, 2.45) is 18.7 Å². The Bertz CT molecular complexity index is 2480. The first-order valence-corrected chi connectivity index (χ1v) is 20.9. The van der Waals surface area contributed by atoms with E-state index in [1.54, 1.807) is 21.8 Å². The van der Waals surface area contributed by atoms with Gasteiger partial charge in [-0.05, 0) is 75.6 Å². The molecule has 21 heteroatoms. The molecule has 9 rings (SSSR count). The fourth-order valence-electron chi connectivity index (χ4n) is 9.47. The summed E-state index contributed by atoms with van der Waals surface area (Å²) >= 11 is 0. The van der Waals surface area contributed by atoms with Crippen LogP contribution in [0.15, 0.2) is 42.9 Å². The number of hydrogen-bond acceptors (Lipinski definition) is 11. The maximum atomic E-state index is 14.6. The second-order valence-electron chi connectivity index (χ2n) is 16.7. The number of rotatable bonds is 9. The molecule has 62 heavy (non-hydrogen) atoms. The summed E-state index contributed by atoms with van der Waals surface area (Å²) in [5.74, 6) is -1.86. The van der Waals surface area contributed by atoms with E-state index in [2.05, 4.69) is 47.2 Å². The number of aromatic nitrogens is 7. The fraction of sp³-hybridized carbons (Fsp3) is 0.512. The molecule has 3 aliphatic heterocycles. The lowest BCUT2D eigenvalue weighted by Gasteiger charge is -2.35. The van der Waals surface area contributed by atoms with Crippen LogP contribution in [0.4, 0.5) is 30.4 Å². The van der Waals surface area contributed by atoms with Gasteiger partial charge in [-0.15, -0.1) is 17.5 Å². The first-order chi connectivity index (χ1) is 29.4. The van der Waals surface area contributed by atoms with E-state index >= 15 is 0 Å². The Morgan fingerprint density at radius 1 is 0.984 bits per heavy atom. The second-order valence-corrected chi connectivity index (χ2v) is 16.7. The fourth-order valence-corrected chi connectivity index (χ4v) is 9.47. The molecule has 1 saturated carbocycles. The van der Waals surface area contributed by atoms with Crippen molar-refractivity contribution < 1.29 is 32.3 Å². The lowest BCUT2D eigenvalue weighted by atomic mass is 9.85. The van der Waals surface area contributed by atoms with Gasteiger partial charge in [-0.3, -0.25) is 33.9 Å². The first kappa shape index (κ1) is 42.9. The minimum atomic E-state index is -2.98. The number of carbonyl (C=O) groups excluding carboxylic acids is 4. The average Bonchev–Trinajstić information content (AvgIpc) is 3.94. The number of anilines is 3. The topological polar surface area (TPSA) is 203 Å². The SMILES string of the molecule is Cl.Cn1nc(C2CCC(=O)NC2=O)c2ccc(N3CCC(NC(=O)C4CCC(n5cc(NC(=O)c6c(N7C[C@H](N)C[C@@H](F)C7)nn7cccnc67)c(C(F)F)n5)CC4)CC3)cc21. The van der Waals surface area contributed by atoms with Crippen LogP contribution in [0, 0.1) is 5.92 Å². The number of imide groups is 1. The van der Waals surface area contributed by atoms with Crippen molar-refractivity contribution in [3.63, 3.8) is 0 Å². The molecule has 5 aromatic rings. The zero-order valence-electron chi connectivity index (χ0n) is 34.1. The smallest absolute Gasteiger partial charge is 0.284 e. The molecule has 3 saturated heterocycles. The van der Waals surface area contributed by atoms with Gasteiger partial charge in [0.25, 0.3) is 12.3 Å². The summed E-state index contributed by atoms with van der Waals surface area (Å²) in [6.07, 6.45) is 4.89. The van der Waals surface area contributed by atoms with Crippen LogP contribution >= 0.6 is 12.4 Å². The third kappa shape index (κ3) is 8.41. The standard InChI is InChI=1S/C41H48F3N13O4.ClH/c1-53-31-18-27(7-8-28(31)34(50-53)29-9-10-32(58)49-40(29)60)54-15-11-25(12-16-54)47-39(59)22-3-5-26(6-4-22)57-21-30(35(51-57)36(43)44)48-41(61)33-37-46-13-2-14-56(37)52-38(33)55-19-23(42)17-24(45)20-55;/h2,7-8,13-14,18,21-26,29,36H,3-6,9-12,15-17,19-20,45H2,1H3,(H,47,59)(H,48,61)(H,49,58,60);1H/t22?,23-,24-,26?,29?;/m1./s1. The zero-order valence-corrected chi connectivity index (χ0v) is 34.9. The van der Waals surface area contributed by atoms with E-state index < -0.39 is 36.2 Å². The highest BCUT2D eigenvalue weighted by Gasteiger charge is 2.35. The Hall–Kier alpha value is -5.76. The Kier molecular flexibility index (Phi) is 12.1. The Morgan fingerprint density at radius 3 is 2.48 bits per heavy atom. The summed E-state index contributed by atoms with van der Waals surface area (Å²) < 4.78 is 48.0. The molecule has 4 amide bonds. The normalized spacial score (nSPS) is 23.7. The number of aryl methyl sites for hydroxylation is 1. The van der Waals surface area contributed by atoms with Crippen molar-refractivity contribution in [2.75, 3.05) is 41.3 Å². The highest BCUT2D eigenvalue weighted by Crippen LogP contribution is 2.37. The van der Waals surface area contributed by atoms with Crippen molar-refractivity contribution in [2.45, 2.75) is 94.4 Å². The molecule has 0 spiro atoms. The molecule has 17 nitrogen and oxygen atoms in total. The molecule has 0 radical (unpaired) electrons. The predicted molar refractivity (Wildman–Crippen MR) is 225 cm³/mol. The number of fused-ring (bicyclic) bond motifs is 2. The number of piperidine rings is 3. The van der Waals surface area contributed by atoms with Gasteiger partial charge < -0.3 is 26.2 Å². The number of amides is 4. The van der Waals surface area contributed by atoms with Gasteiger partial charge in [0.05, 0.1) is 35.4 Å². The quantitative estimate of drug-likeness (QED) is 0.154. The summed E-state index contributed by atoms with van der Waals surface area (Å²) in [6, 6.07) is 7.00. The molecule has 5 N–H and O–H groups in total. The molecule has 0 bridgehead atoms. The van der Waals surface area contributed by atoms with Gasteiger partial charge >= 0.3 is 0 Å².